The first-order valence-corrected chi connectivity index (χ1v) is 7.58. The van der Waals surface area contributed by atoms with Gasteiger partial charge in [0.25, 0.3) is 5.91 Å². The second-order valence-corrected chi connectivity index (χ2v) is 5.53. The van der Waals surface area contributed by atoms with Gasteiger partial charge in [0.05, 0.1) is 0 Å². The van der Waals surface area contributed by atoms with Crippen molar-refractivity contribution in [2.75, 3.05) is 5.32 Å². The Bertz CT molecular complexity index is 846. The van der Waals surface area contributed by atoms with Crippen molar-refractivity contribution in [3.8, 4) is 5.75 Å². The Labute approximate surface area is 139 Å². The van der Waals surface area contributed by atoms with Gasteiger partial charge in [-0.15, -0.1) is 0 Å². The number of pyridine rings is 1. The third kappa shape index (κ3) is 3.60. The van der Waals surface area contributed by atoms with Gasteiger partial charge in [-0.25, -0.2) is 0 Å². The summed E-state index contributed by atoms with van der Waals surface area (Å²) < 4.78 is 5.78. The van der Waals surface area contributed by atoms with E-state index in [1.807, 2.05) is 24.3 Å². The molecule has 0 unspecified atom stereocenters. The van der Waals surface area contributed by atoms with Gasteiger partial charge in [0, 0.05) is 22.3 Å². The summed E-state index contributed by atoms with van der Waals surface area (Å²) in [6.07, 6.45) is 1.04. The maximum atomic E-state index is 12.3. The molecule has 3 aromatic rings. The molecule has 0 aliphatic carbocycles. The second-order valence-electron chi connectivity index (χ2n) is 5.09. The van der Waals surface area contributed by atoms with E-state index in [4.69, 9.17) is 16.3 Å². The van der Waals surface area contributed by atoms with Crippen LogP contribution in [0.3, 0.4) is 0 Å². The predicted octanol–water partition coefficient (Wildman–Crippen LogP) is 4.29. The van der Waals surface area contributed by atoms with Crippen LogP contribution in [0, 0.1) is 0 Å². The zero-order valence-electron chi connectivity index (χ0n) is 12.5. The van der Waals surface area contributed by atoms with E-state index in [9.17, 15) is 4.79 Å². The number of benzene rings is 2. The Morgan fingerprint density at radius 3 is 2.78 bits per heavy atom. The van der Waals surface area contributed by atoms with Crippen LogP contribution in [0.4, 0.5) is 5.69 Å². The van der Waals surface area contributed by atoms with E-state index in [1.54, 1.807) is 43.5 Å². The molecule has 3 rings (SSSR count). The topological polar surface area (TPSA) is 51.2 Å². The summed E-state index contributed by atoms with van der Waals surface area (Å²) in [6.45, 7) is 1.70. The average Bonchev–Trinajstić information content (AvgIpc) is 2.55. The van der Waals surface area contributed by atoms with Crippen molar-refractivity contribution < 1.29 is 9.53 Å². The SMILES string of the molecule is C[C@@H](Oc1cccc2cccnc12)C(=O)Nc1cccc(Cl)c1. The number of aromatic nitrogens is 1. The van der Waals surface area contributed by atoms with Gasteiger partial charge in [-0.2, -0.15) is 0 Å². The highest BCUT2D eigenvalue weighted by atomic mass is 35.5. The van der Waals surface area contributed by atoms with Gasteiger partial charge in [-0.05, 0) is 37.3 Å². The summed E-state index contributed by atoms with van der Waals surface area (Å²) in [5.41, 5.74) is 1.37. The van der Waals surface area contributed by atoms with Crippen molar-refractivity contribution in [2.45, 2.75) is 13.0 Å². The lowest BCUT2D eigenvalue weighted by Gasteiger charge is -2.16. The maximum Gasteiger partial charge on any atom is 0.265 e. The molecule has 0 radical (unpaired) electrons. The van der Waals surface area contributed by atoms with E-state index < -0.39 is 6.10 Å². The molecule has 116 valence electrons. The third-order valence-electron chi connectivity index (χ3n) is 3.36. The van der Waals surface area contributed by atoms with Crippen LogP contribution < -0.4 is 10.1 Å². The quantitative estimate of drug-likeness (QED) is 0.778. The normalized spacial score (nSPS) is 11.9. The number of fused-ring (bicyclic) bond motifs is 1. The predicted molar refractivity (Wildman–Crippen MR) is 91.9 cm³/mol. The minimum absolute atomic E-state index is 0.250. The lowest BCUT2D eigenvalue weighted by molar-refractivity contribution is -0.122. The second kappa shape index (κ2) is 6.67. The van der Waals surface area contributed by atoms with Crippen LogP contribution in [0.1, 0.15) is 6.92 Å². The molecule has 0 aliphatic rings. The van der Waals surface area contributed by atoms with Crippen LogP contribution in [0.25, 0.3) is 10.9 Å². The van der Waals surface area contributed by atoms with Crippen LogP contribution in [-0.4, -0.2) is 17.0 Å². The number of nitrogens with zero attached hydrogens (tertiary/aromatic N) is 1. The lowest BCUT2D eigenvalue weighted by atomic mass is 10.2. The number of carbonyl (C=O) groups is 1. The molecular formula is C18H15ClN2O2. The van der Waals surface area contributed by atoms with E-state index in [1.165, 1.54) is 0 Å². The fourth-order valence-electron chi connectivity index (χ4n) is 2.23. The number of amides is 1. The Kier molecular flexibility index (Phi) is 4.44. The molecule has 5 heteroatoms. The molecule has 1 atom stereocenters. The van der Waals surface area contributed by atoms with E-state index >= 15 is 0 Å². The monoisotopic (exact) mass is 326 g/mol. The van der Waals surface area contributed by atoms with Gasteiger partial charge in [0.1, 0.15) is 11.3 Å². The first-order chi connectivity index (χ1) is 11.1. The number of halogens is 1. The maximum absolute atomic E-state index is 12.3. The number of ether oxygens (including phenoxy) is 1. The minimum Gasteiger partial charge on any atom is -0.479 e. The molecule has 4 nitrogen and oxygen atoms in total. The Balaban J connectivity index is 1.75. The number of para-hydroxylation sites is 1. The zero-order chi connectivity index (χ0) is 16.2. The van der Waals surface area contributed by atoms with Crippen molar-refractivity contribution >= 4 is 34.1 Å². The average molecular weight is 327 g/mol. The summed E-state index contributed by atoms with van der Waals surface area (Å²) in [7, 11) is 0. The highest BCUT2D eigenvalue weighted by molar-refractivity contribution is 6.30. The number of rotatable bonds is 4. The molecular weight excluding hydrogens is 312 g/mol. The van der Waals surface area contributed by atoms with Crippen molar-refractivity contribution in [3.63, 3.8) is 0 Å². The Morgan fingerprint density at radius 2 is 1.96 bits per heavy atom. The summed E-state index contributed by atoms with van der Waals surface area (Å²) in [4.78, 5) is 16.6. The van der Waals surface area contributed by atoms with Crippen LogP contribution in [0.15, 0.2) is 60.8 Å². The number of nitrogens with one attached hydrogen (secondary N) is 1. The number of hydrogen-bond donors (Lipinski definition) is 1. The zero-order valence-corrected chi connectivity index (χ0v) is 13.2. The summed E-state index contributed by atoms with van der Waals surface area (Å²) in [5.74, 6) is 0.331. The lowest BCUT2D eigenvalue weighted by Crippen LogP contribution is -2.30. The van der Waals surface area contributed by atoms with Crippen molar-refractivity contribution in [2.24, 2.45) is 0 Å². The van der Waals surface area contributed by atoms with Gasteiger partial charge in [0.2, 0.25) is 0 Å². The van der Waals surface area contributed by atoms with Crippen molar-refractivity contribution in [1.82, 2.24) is 4.98 Å². The number of anilines is 1. The highest BCUT2D eigenvalue weighted by Crippen LogP contribution is 2.24. The Hall–Kier alpha value is -2.59. The standard InChI is InChI=1S/C18H15ClN2O2/c1-12(18(22)21-15-8-3-7-14(19)11-15)23-16-9-2-5-13-6-4-10-20-17(13)16/h2-12H,1H3,(H,21,22)/t12-/m1/s1. The van der Waals surface area contributed by atoms with Crippen LogP contribution >= 0.6 is 11.6 Å². The molecule has 0 saturated heterocycles. The first kappa shape index (κ1) is 15.3. The minimum atomic E-state index is -0.665. The summed E-state index contributed by atoms with van der Waals surface area (Å²) in [5, 5.41) is 4.31. The van der Waals surface area contributed by atoms with Crippen LogP contribution in [0.5, 0.6) is 5.75 Å². The number of carbonyl (C=O) groups excluding carboxylic acids is 1. The molecule has 23 heavy (non-hydrogen) atoms. The molecule has 0 saturated carbocycles. The summed E-state index contributed by atoms with van der Waals surface area (Å²) in [6, 6.07) is 16.4. The molecule has 0 spiro atoms. The third-order valence-corrected chi connectivity index (χ3v) is 3.60. The summed E-state index contributed by atoms with van der Waals surface area (Å²) >= 11 is 5.91. The molecule has 0 aliphatic heterocycles. The number of hydrogen-bond acceptors (Lipinski definition) is 3. The van der Waals surface area contributed by atoms with E-state index in [0.29, 0.717) is 16.5 Å². The largest absolute Gasteiger partial charge is 0.479 e. The van der Waals surface area contributed by atoms with E-state index in [0.717, 1.165) is 10.9 Å². The van der Waals surface area contributed by atoms with Gasteiger partial charge in [-0.1, -0.05) is 35.9 Å². The van der Waals surface area contributed by atoms with Gasteiger partial charge in [0.15, 0.2) is 6.10 Å². The molecule has 1 aromatic heterocycles. The van der Waals surface area contributed by atoms with E-state index in [2.05, 4.69) is 10.3 Å². The fraction of sp³-hybridized carbons (Fsp3) is 0.111. The van der Waals surface area contributed by atoms with Crippen LogP contribution in [0.2, 0.25) is 5.02 Å². The molecule has 1 N–H and O–H groups in total. The van der Waals surface area contributed by atoms with Crippen molar-refractivity contribution in [3.05, 3.63) is 65.8 Å². The first-order valence-electron chi connectivity index (χ1n) is 7.20. The van der Waals surface area contributed by atoms with Gasteiger partial charge >= 0.3 is 0 Å². The molecule has 1 heterocycles. The van der Waals surface area contributed by atoms with Gasteiger partial charge in [-0.3, -0.25) is 9.78 Å². The molecule has 0 fully saturated rings. The van der Waals surface area contributed by atoms with Gasteiger partial charge < -0.3 is 10.1 Å². The molecule has 1 amide bonds. The molecule has 2 aromatic carbocycles. The fourth-order valence-corrected chi connectivity index (χ4v) is 2.42. The van der Waals surface area contributed by atoms with Crippen molar-refractivity contribution in [1.29, 1.82) is 0 Å². The Morgan fingerprint density at radius 1 is 1.17 bits per heavy atom. The smallest absolute Gasteiger partial charge is 0.265 e. The molecule has 0 bridgehead atoms. The van der Waals surface area contributed by atoms with Crippen LogP contribution in [-0.2, 0) is 4.79 Å². The highest BCUT2D eigenvalue weighted by Gasteiger charge is 2.16. The van der Waals surface area contributed by atoms with E-state index in [-0.39, 0.29) is 5.91 Å².